The average molecular weight is 444 g/mol. The topological polar surface area (TPSA) is 117 Å². The first-order valence-corrected chi connectivity index (χ1v) is 11.7. The van der Waals surface area contributed by atoms with Crippen molar-refractivity contribution in [3.05, 3.63) is 58.6 Å². The summed E-state index contributed by atoms with van der Waals surface area (Å²) in [4.78, 5) is 20.0. The van der Waals surface area contributed by atoms with Crippen LogP contribution in [0.2, 0.25) is 0 Å². The highest BCUT2D eigenvalue weighted by Gasteiger charge is 2.30. The van der Waals surface area contributed by atoms with E-state index in [2.05, 4.69) is 15.3 Å². The number of nitrogens with zero attached hydrogens (tertiary/aromatic N) is 4. The Hall–Kier alpha value is -2.98. The van der Waals surface area contributed by atoms with Crippen LogP contribution in [0.5, 0.6) is 0 Å². The van der Waals surface area contributed by atoms with Crippen LogP contribution in [0, 0.1) is 0 Å². The first-order valence-electron chi connectivity index (χ1n) is 10.2. The second-order valence-electron chi connectivity index (χ2n) is 7.95. The van der Waals surface area contributed by atoms with Crippen molar-refractivity contribution in [2.45, 2.75) is 37.9 Å². The molecule has 1 fully saturated rings. The minimum atomic E-state index is -3.23. The molecular weight excluding hydrogens is 418 g/mol. The molecule has 9 nitrogen and oxygen atoms in total. The van der Waals surface area contributed by atoms with Gasteiger partial charge in [-0.1, -0.05) is 12.1 Å². The monoisotopic (exact) mass is 443 g/mol. The summed E-state index contributed by atoms with van der Waals surface area (Å²) in [5.41, 5.74) is 1.16. The number of aromatic nitrogens is 3. The number of anilines is 2. The lowest BCUT2D eigenvalue weighted by atomic mass is 9.90. The Morgan fingerprint density at radius 1 is 1.16 bits per heavy atom. The van der Waals surface area contributed by atoms with Gasteiger partial charge in [0.25, 0.3) is 0 Å². The lowest BCUT2D eigenvalue weighted by Gasteiger charge is -2.32. The van der Waals surface area contributed by atoms with E-state index in [0.717, 1.165) is 24.1 Å². The van der Waals surface area contributed by atoms with Crippen LogP contribution in [0.25, 0.3) is 11.0 Å². The van der Waals surface area contributed by atoms with E-state index in [1.807, 2.05) is 24.3 Å². The van der Waals surface area contributed by atoms with E-state index in [9.17, 15) is 18.4 Å². The van der Waals surface area contributed by atoms with Gasteiger partial charge in [-0.2, -0.15) is 4.98 Å². The summed E-state index contributed by atoms with van der Waals surface area (Å²) in [6.45, 7) is 4.43. The Bertz CT molecular complexity index is 1260. The fourth-order valence-electron chi connectivity index (χ4n) is 3.89. The molecular formula is C21H25N5O4S. The molecule has 0 aliphatic carbocycles. The Labute approximate surface area is 180 Å². The normalized spacial score (nSPS) is 16.1. The van der Waals surface area contributed by atoms with Crippen molar-refractivity contribution in [2.24, 2.45) is 0 Å². The molecule has 0 bridgehead atoms. The molecule has 164 valence electrons. The van der Waals surface area contributed by atoms with E-state index >= 15 is 0 Å². The fourth-order valence-corrected chi connectivity index (χ4v) is 5.20. The van der Waals surface area contributed by atoms with E-state index in [1.54, 1.807) is 30.3 Å². The Morgan fingerprint density at radius 2 is 1.90 bits per heavy atom. The van der Waals surface area contributed by atoms with Gasteiger partial charge in [-0.15, -0.1) is 4.73 Å². The lowest BCUT2D eigenvalue weighted by Crippen LogP contribution is -2.41. The van der Waals surface area contributed by atoms with Gasteiger partial charge in [-0.3, -0.25) is 0 Å². The van der Waals surface area contributed by atoms with Crippen LogP contribution in [0.1, 0.15) is 38.2 Å². The van der Waals surface area contributed by atoms with Gasteiger partial charge < -0.3 is 10.5 Å². The standard InChI is InChI=1S/C21H25N5O4S/c1-14(2)31(29,30)25-11-8-15(9-12-25)16-5-3-6-17(13-16)23-19-18-7-4-10-22-20(18)26(28)21(27)24-19/h3-7,10,13-15,28H,8-9,11-12H2,1-2H3,(H,23,24,27). The van der Waals surface area contributed by atoms with Crippen LogP contribution in [0.3, 0.4) is 0 Å². The van der Waals surface area contributed by atoms with E-state index in [1.165, 1.54) is 6.20 Å². The van der Waals surface area contributed by atoms with E-state index in [4.69, 9.17) is 0 Å². The van der Waals surface area contributed by atoms with Gasteiger partial charge >= 0.3 is 5.69 Å². The van der Waals surface area contributed by atoms with Crippen molar-refractivity contribution in [3.8, 4) is 0 Å². The van der Waals surface area contributed by atoms with Crippen molar-refractivity contribution in [2.75, 3.05) is 18.4 Å². The third-order valence-corrected chi connectivity index (χ3v) is 7.94. The second-order valence-corrected chi connectivity index (χ2v) is 10.4. The third kappa shape index (κ3) is 4.13. The molecule has 0 radical (unpaired) electrons. The van der Waals surface area contributed by atoms with Gasteiger partial charge in [-0.05, 0) is 62.4 Å². The summed E-state index contributed by atoms with van der Waals surface area (Å²) in [6.07, 6.45) is 2.99. The minimum absolute atomic E-state index is 0.125. The number of pyridine rings is 1. The van der Waals surface area contributed by atoms with Crippen molar-refractivity contribution < 1.29 is 13.6 Å². The maximum atomic E-state index is 12.4. The first kappa shape index (κ1) is 21.3. The summed E-state index contributed by atoms with van der Waals surface area (Å²) in [6, 6.07) is 11.2. The minimum Gasteiger partial charge on any atom is -0.422 e. The van der Waals surface area contributed by atoms with E-state index in [0.29, 0.717) is 29.0 Å². The van der Waals surface area contributed by atoms with Crippen LogP contribution in [0.4, 0.5) is 11.5 Å². The van der Waals surface area contributed by atoms with Crippen LogP contribution in [0.15, 0.2) is 47.4 Å². The first-order chi connectivity index (χ1) is 14.8. The highest BCUT2D eigenvalue weighted by atomic mass is 32.2. The molecule has 1 aliphatic heterocycles. The molecule has 2 N–H and O–H groups in total. The molecule has 4 rings (SSSR count). The number of hydrogen-bond acceptors (Lipinski definition) is 7. The Kier molecular flexibility index (Phi) is 5.67. The molecule has 1 aliphatic rings. The summed E-state index contributed by atoms with van der Waals surface area (Å²) in [5, 5.41) is 13.1. The molecule has 0 spiro atoms. The zero-order chi connectivity index (χ0) is 22.2. The molecule has 0 unspecified atom stereocenters. The molecule has 1 saturated heterocycles. The quantitative estimate of drug-likeness (QED) is 0.582. The van der Waals surface area contributed by atoms with Gasteiger partial charge in [0.1, 0.15) is 5.82 Å². The SMILES string of the molecule is CC(C)S(=O)(=O)N1CCC(c2cccc(Nc3nc(=O)n(O)c4ncccc34)c2)CC1. The summed E-state index contributed by atoms with van der Waals surface area (Å²) in [7, 11) is -3.23. The Balaban J connectivity index is 1.55. The average Bonchev–Trinajstić information content (AvgIpc) is 2.77. The zero-order valence-corrected chi connectivity index (χ0v) is 18.2. The summed E-state index contributed by atoms with van der Waals surface area (Å²) >= 11 is 0. The van der Waals surface area contributed by atoms with Crippen LogP contribution in [-0.2, 0) is 10.0 Å². The number of rotatable bonds is 5. The van der Waals surface area contributed by atoms with Gasteiger partial charge in [0.2, 0.25) is 10.0 Å². The molecule has 3 aromatic rings. The van der Waals surface area contributed by atoms with E-state index < -0.39 is 21.0 Å². The van der Waals surface area contributed by atoms with E-state index in [-0.39, 0.29) is 11.6 Å². The molecule has 10 heteroatoms. The lowest BCUT2D eigenvalue weighted by molar-refractivity contribution is 0.182. The van der Waals surface area contributed by atoms with Crippen LogP contribution < -0.4 is 11.0 Å². The van der Waals surface area contributed by atoms with Gasteiger partial charge in [0.15, 0.2) is 5.65 Å². The number of benzene rings is 1. The molecule has 2 aromatic heterocycles. The molecule has 0 atom stereocenters. The van der Waals surface area contributed by atoms with Crippen molar-refractivity contribution >= 4 is 32.6 Å². The second kappa shape index (κ2) is 8.27. The number of fused-ring (bicyclic) bond motifs is 1. The molecule has 0 saturated carbocycles. The highest BCUT2D eigenvalue weighted by Crippen LogP contribution is 2.32. The molecule has 31 heavy (non-hydrogen) atoms. The number of sulfonamides is 1. The predicted molar refractivity (Wildman–Crippen MR) is 118 cm³/mol. The van der Waals surface area contributed by atoms with Crippen molar-refractivity contribution in [1.82, 2.24) is 19.0 Å². The van der Waals surface area contributed by atoms with Crippen LogP contribution >= 0.6 is 0 Å². The summed E-state index contributed by atoms with van der Waals surface area (Å²) in [5.74, 6) is 0.561. The largest absolute Gasteiger partial charge is 0.422 e. The number of hydrogen-bond donors (Lipinski definition) is 2. The molecule has 3 heterocycles. The zero-order valence-electron chi connectivity index (χ0n) is 17.4. The smallest absolute Gasteiger partial charge is 0.384 e. The van der Waals surface area contributed by atoms with Crippen LogP contribution in [-0.4, -0.2) is 51.0 Å². The maximum Gasteiger partial charge on any atom is 0.384 e. The molecule has 0 amide bonds. The predicted octanol–water partition coefficient (Wildman–Crippen LogP) is 2.69. The highest BCUT2D eigenvalue weighted by molar-refractivity contribution is 7.89. The van der Waals surface area contributed by atoms with Gasteiger partial charge in [0.05, 0.1) is 10.6 Å². The van der Waals surface area contributed by atoms with Gasteiger partial charge in [0, 0.05) is 25.0 Å². The van der Waals surface area contributed by atoms with Crippen molar-refractivity contribution in [1.29, 1.82) is 0 Å². The van der Waals surface area contributed by atoms with Crippen molar-refractivity contribution in [3.63, 3.8) is 0 Å². The fraction of sp³-hybridized carbons (Fsp3) is 0.381. The third-order valence-electron chi connectivity index (χ3n) is 5.66. The maximum absolute atomic E-state index is 12.4. The summed E-state index contributed by atoms with van der Waals surface area (Å²) < 4.78 is 26.8. The Morgan fingerprint density at radius 3 is 2.61 bits per heavy atom. The van der Waals surface area contributed by atoms with Gasteiger partial charge in [-0.25, -0.2) is 22.5 Å². The number of piperidine rings is 1. The number of nitrogens with one attached hydrogen (secondary N) is 1. The molecule has 1 aromatic carbocycles.